The monoisotopic (exact) mass is 412 g/mol. The first kappa shape index (κ1) is 18.7. The summed E-state index contributed by atoms with van der Waals surface area (Å²) in [5, 5.41) is 0. The van der Waals surface area contributed by atoms with Crippen LogP contribution in [0.4, 0.5) is 0 Å². The van der Waals surface area contributed by atoms with Gasteiger partial charge in [0.05, 0.1) is 0 Å². The van der Waals surface area contributed by atoms with Crippen LogP contribution in [0.3, 0.4) is 0 Å². The predicted octanol–water partition coefficient (Wildman–Crippen LogP) is -2.67. The summed E-state index contributed by atoms with van der Waals surface area (Å²) < 4.78 is 39.0. The van der Waals surface area contributed by atoms with Gasteiger partial charge < -0.3 is 9.79 Å². The average molecular weight is 411 g/mol. The Morgan fingerprint density at radius 2 is 1.55 bits per heavy atom. The Morgan fingerprint density at radius 3 is 1.55 bits per heavy atom. The minimum atomic E-state index is -5.13. The quantitative estimate of drug-likeness (QED) is 0.258. The molecule has 2 radical (unpaired) electrons. The number of hydrogen-bond donors (Lipinski definition) is 3. The molecule has 0 rings (SSSR count). The summed E-state index contributed by atoms with van der Waals surface area (Å²) in [4.78, 5) is 15.4. The maximum atomic E-state index is 9.58. The summed E-state index contributed by atoms with van der Waals surface area (Å²) in [6, 6.07) is 0. The predicted molar refractivity (Wildman–Crippen MR) is 40.4 cm³/mol. The zero-order valence-electron chi connectivity index (χ0n) is 4.54. The van der Waals surface area contributed by atoms with Gasteiger partial charge in [0.25, 0.3) is 0 Å². The molecular formula is H6NaO7PPbS. The Hall–Kier alpha value is 1.94. The van der Waals surface area contributed by atoms with Crippen molar-refractivity contribution in [3.8, 4) is 0 Å². The molecule has 0 amide bonds. The first-order valence-corrected chi connectivity index (χ1v) is 4.34. The van der Waals surface area contributed by atoms with E-state index in [-0.39, 0.29) is 56.9 Å². The summed E-state index contributed by atoms with van der Waals surface area (Å²) in [5.74, 6) is 0. The van der Waals surface area contributed by atoms with Crippen molar-refractivity contribution < 1.29 is 31.3 Å². The van der Waals surface area contributed by atoms with Crippen LogP contribution in [0.15, 0.2) is 0 Å². The van der Waals surface area contributed by atoms with Gasteiger partial charge >= 0.3 is 75.1 Å². The summed E-state index contributed by atoms with van der Waals surface area (Å²) >= 11 is 0. The Labute approximate surface area is 105 Å². The van der Waals surface area contributed by atoms with Crippen molar-refractivity contribution >= 4 is 75.1 Å². The van der Waals surface area contributed by atoms with Crippen LogP contribution in [0.5, 0.6) is 0 Å². The van der Waals surface area contributed by atoms with Gasteiger partial charge in [-0.1, -0.05) is 0 Å². The van der Waals surface area contributed by atoms with Crippen LogP contribution in [0, 0.1) is 0 Å². The van der Waals surface area contributed by atoms with Crippen molar-refractivity contribution in [2.75, 3.05) is 0 Å². The summed E-state index contributed by atoms with van der Waals surface area (Å²) in [5.41, 5.74) is 0. The van der Waals surface area contributed by atoms with Gasteiger partial charge in [-0.25, -0.2) is 4.57 Å². The molecule has 0 aromatic rings. The SMILES string of the molecule is O=P(O)(O)OS(=O)(=O)O.[NaH].[PbH2]. The van der Waals surface area contributed by atoms with Gasteiger partial charge in [0.1, 0.15) is 0 Å². The van der Waals surface area contributed by atoms with E-state index in [1.54, 1.807) is 0 Å². The number of phosphoric acid groups is 1. The first-order chi connectivity index (χ1) is 3.71. The fourth-order valence-corrected chi connectivity index (χ4v) is 1.10. The molecule has 0 spiro atoms. The third kappa shape index (κ3) is 18.7. The fourth-order valence-electron chi connectivity index (χ4n) is 0.123. The Balaban J connectivity index is -0.000000320. The van der Waals surface area contributed by atoms with Crippen LogP contribution < -0.4 is 0 Å². The van der Waals surface area contributed by atoms with Gasteiger partial charge in [0, 0.05) is 0 Å². The second kappa shape index (κ2) is 6.40. The first-order valence-electron chi connectivity index (χ1n) is 1.45. The van der Waals surface area contributed by atoms with Crippen molar-refractivity contribution in [2.45, 2.75) is 0 Å². The van der Waals surface area contributed by atoms with E-state index in [4.69, 9.17) is 14.3 Å². The van der Waals surface area contributed by atoms with Crippen molar-refractivity contribution in [3.05, 3.63) is 0 Å². The Bertz CT molecular complexity index is 225. The molecule has 0 aliphatic heterocycles. The van der Waals surface area contributed by atoms with Crippen molar-refractivity contribution in [1.82, 2.24) is 0 Å². The van der Waals surface area contributed by atoms with Crippen molar-refractivity contribution in [1.29, 1.82) is 0 Å². The molecule has 7 nitrogen and oxygen atoms in total. The topological polar surface area (TPSA) is 121 Å². The molecule has 0 saturated heterocycles. The summed E-state index contributed by atoms with van der Waals surface area (Å²) in [7, 11) is -10.2. The zero-order chi connectivity index (χ0) is 7.71. The van der Waals surface area contributed by atoms with Crippen molar-refractivity contribution in [2.24, 2.45) is 0 Å². The van der Waals surface area contributed by atoms with Gasteiger partial charge in [-0.05, 0) is 0 Å². The van der Waals surface area contributed by atoms with Gasteiger partial charge in [-0.2, -0.15) is 8.42 Å². The van der Waals surface area contributed by atoms with E-state index in [2.05, 4.69) is 3.97 Å². The Morgan fingerprint density at radius 1 is 1.27 bits per heavy atom. The maximum absolute atomic E-state index is 9.58. The molecule has 11 heavy (non-hydrogen) atoms. The van der Waals surface area contributed by atoms with E-state index in [1.807, 2.05) is 0 Å². The van der Waals surface area contributed by atoms with Gasteiger partial charge in [0.15, 0.2) is 0 Å². The van der Waals surface area contributed by atoms with E-state index in [0.29, 0.717) is 0 Å². The van der Waals surface area contributed by atoms with Crippen molar-refractivity contribution in [3.63, 3.8) is 0 Å². The second-order valence-corrected chi connectivity index (χ2v) is 3.43. The molecule has 0 saturated carbocycles. The molecular weight excluding hydrogens is 405 g/mol. The fraction of sp³-hybridized carbons (Fsp3) is 0. The number of hydrogen-bond acceptors (Lipinski definition) is 4. The molecule has 0 fully saturated rings. The van der Waals surface area contributed by atoms with E-state index in [9.17, 15) is 13.0 Å². The molecule has 0 aliphatic carbocycles. The molecule has 64 valence electrons. The molecule has 0 heterocycles. The summed E-state index contributed by atoms with van der Waals surface area (Å²) in [6.45, 7) is 0. The van der Waals surface area contributed by atoms with Crippen LogP contribution in [0.2, 0.25) is 0 Å². The van der Waals surface area contributed by atoms with E-state index in [0.717, 1.165) is 0 Å². The Kier molecular flexibility index (Phi) is 10.9. The molecule has 0 atom stereocenters. The molecule has 0 unspecified atom stereocenters. The van der Waals surface area contributed by atoms with Crippen LogP contribution in [-0.2, 0) is 18.9 Å². The molecule has 0 aromatic heterocycles. The minimum absolute atomic E-state index is 0. The van der Waals surface area contributed by atoms with E-state index in [1.165, 1.54) is 0 Å². The zero-order valence-corrected chi connectivity index (χ0v) is 11.7. The third-order valence-corrected chi connectivity index (χ3v) is 1.72. The van der Waals surface area contributed by atoms with Gasteiger partial charge in [-0.15, -0.1) is 3.97 Å². The molecule has 0 bridgehead atoms. The molecule has 0 aliphatic rings. The average Bonchev–Trinajstić information content (AvgIpc) is 1.14. The van der Waals surface area contributed by atoms with Crippen LogP contribution in [0.25, 0.3) is 0 Å². The van der Waals surface area contributed by atoms with E-state index < -0.39 is 18.2 Å². The van der Waals surface area contributed by atoms with Gasteiger partial charge in [0.2, 0.25) is 0 Å². The van der Waals surface area contributed by atoms with Crippen LogP contribution >= 0.6 is 7.82 Å². The second-order valence-electron chi connectivity index (χ2n) is 0.993. The van der Waals surface area contributed by atoms with Gasteiger partial charge in [-0.3, -0.25) is 4.55 Å². The van der Waals surface area contributed by atoms with E-state index >= 15 is 0 Å². The van der Waals surface area contributed by atoms with Crippen LogP contribution in [-0.4, -0.2) is 79.6 Å². The normalized spacial score (nSPS) is 11.2. The molecule has 0 aromatic carbocycles. The third-order valence-electron chi connectivity index (χ3n) is 0.191. The molecule has 3 N–H and O–H groups in total. The standard InChI is InChI=1S/Na.H3O7PS.Pb.3H/c;1-8(2,3)7-9(4,5)6;;;;/h;(H2,1,2,3)(H,4,5,6);;;;. The molecule has 11 heteroatoms. The summed E-state index contributed by atoms with van der Waals surface area (Å²) in [6.07, 6.45) is 0. The van der Waals surface area contributed by atoms with Crippen LogP contribution in [0.1, 0.15) is 0 Å². The number of rotatable bonds is 2.